The number of hydrogen-bond donors (Lipinski definition) is 2. The molecule has 2 aromatic rings. The first-order chi connectivity index (χ1) is 11.6. The smallest absolute Gasteiger partial charge is 0.244 e. The third-order valence-corrected chi connectivity index (χ3v) is 4.49. The summed E-state index contributed by atoms with van der Waals surface area (Å²) in [5.74, 6) is 1.32. The standard InChI is InChI=1S/C19H23N3O2.2ClH/c1-14-12-15(22-18(23)19(20)9-3-2-4-10-19)7-8-17(14)24-16-6-5-11-21-13-16;;/h5-8,11-13H,2-4,9-10,20H2,1H3,(H,22,23);2*1H. The number of amides is 1. The number of benzene rings is 1. The van der Waals surface area contributed by atoms with Gasteiger partial charge in [-0.05, 0) is 55.7 Å². The second-order valence-electron chi connectivity index (χ2n) is 6.44. The number of ether oxygens (including phenoxy) is 1. The monoisotopic (exact) mass is 397 g/mol. The summed E-state index contributed by atoms with van der Waals surface area (Å²) in [4.78, 5) is 16.5. The molecule has 1 aromatic carbocycles. The van der Waals surface area contributed by atoms with Gasteiger partial charge in [0.15, 0.2) is 0 Å². The van der Waals surface area contributed by atoms with Crippen molar-refractivity contribution >= 4 is 36.4 Å². The van der Waals surface area contributed by atoms with E-state index in [0.717, 1.165) is 49.1 Å². The van der Waals surface area contributed by atoms with Gasteiger partial charge in [0.25, 0.3) is 0 Å². The van der Waals surface area contributed by atoms with Crippen molar-refractivity contribution in [2.75, 3.05) is 5.32 Å². The molecule has 0 unspecified atom stereocenters. The lowest BCUT2D eigenvalue weighted by Gasteiger charge is -2.31. The first-order valence-electron chi connectivity index (χ1n) is 8.36. The molecule has 1 heterocycles. The van der Waals surface area contributed by atoms with Crippen LogP contribution in [-0.2, 0) is 4.79 Å². The summed E-state index contributed by atoms with van der Waals surface area (Å²) in [6, 6.07) is 9.26. The summed E-state index contributed by atoms with van der Waals surface area (Å²) in [7, 11) is 0. The summed E-state index contributed by atoms with van der Waals surface area (Å²) >= 11 is 0. The van der Waals surface area contributed by atoms with Crippen molar-refractivity contribution in [3.63, 3.8) is 0 Å². The van der Waals surface area contributed by atoms with Crippen molar-refractivity contribution in [3.8, 4) is 11.5 Å². The van der Waals surface area contributed by atoms with Crippen molar-refractivity contribution in [3.05, 3.63) is 48.3 Å². The minimum absolute atomic E-state index is 0. The van der Waals surface area contributed by atoms with Crippen molar-refractivity contribution in [1.29, 1.82) is 0 Å². The maximum absolute atomic E-state index is 12.5. The van der Waals surface area contributed by atoms with Gasteiger partial charge in [-0.25, -0.2) is 0 Å². The molecule has 1 fully saturated rings. The van der Waals surface area contributed by atoms with Gasteiger partial charge >= 0.3 is 0 Å². The lowest BCUT2D eigenvalue weighted by molar-refractivity contribution is -0.122. The zero-order valence-corrected chi connectivity index (χ0v) is 16.4. The number of aromatic nitrogens is 1. The SMILES string of the molecule is Cc1cc(NC(=O)C2(N)CCCCC2)ccc1Oc1cccnc1.Cl.Cl. The third kappa shape index (κ3) is 5.34. The molecular formula is C19H25Cl2N3O2. The maximum Gasteiger partial charge on any atom is 0.244 e. The lowest BCUT2D eigenvalue weighted by Crippen LogP contribution is -2.52. The van der Waals surface area contributed by atoms with Crippen LogP contribution in [0.15, 0.2) is 42.7 Å². The molecule has 3 N–H and O–H groups in total. The highest BCUT2D eigenvalue weighted by Gasteiger charge is 2.35. The minimum atomic E-state index is -0.739. The molecule has 142 valence electrons. The Morgan fingerprint density at radius 1 is 1.19 bits per heavy atom. The molecule has 1 aliphatic rings. The van der Waals surface area contributed by atoms with Gasteiger partial charge in [-0.3, -0.25) is 9.78 Å². The summed E-state index contributed by atoms with van der Waals surface area (Å²) in [5, 5.41) is 2.95. The predicted molar refractivity (Wildman–Crippen MR) is 109 cm³/mol. The summed E-state index contributed by atoms with van der Waals surface area (Å²) in [6.07, 6.45) is 8.05. The Balaban J connectivity index is 0.00000169. The Morgan fingerprint density at radius 3 is 2.54 bits per heavy atom. The predicted octanol–water partition coefficient (Wildman–Crippen LogP) is 4.63. The second kappa shape index (κ2) is 9.76. The van der Waals surface area contributed by atoms with Crippen molar-refractivity contribution in [2.24, 2.45) is 5.73 Å². The van der Waals surface area contributed by atoms with Crippen LogP contribution in [0.1, 0.15) is 37.7 Å². The number of nitrogens with two attached hydrogens (primary N) is 1. The first-order valence-corrected chi connectivity index (χ1v) is 8.36. The Hall–Kier alpha value is -1.82. The number of nitrogens with zero attached hydrogens (tertiary/aromatic N) is 1. The van der Waals surface area contributed by atoms with Gasteiger partial charge in [-0.1, -0.05) is 19.3 Å². The van der Waals surface area contributed by atoms with Gasteiger partial charge in [0.1, 0.15) is 11.5 Å². The number of rotatable bonds is 4. The van der Waals surface area contributed by atoms with Crippen molar-refractivity contribution < 1.29 is 9.53 Å². The number of aryl methyl sites for hydroxylation is 1. The molecule has 0 saturated heterocycles. The summed E-state index contributed by atoms with van der Waals surface area (Å²) in [6.45, 7) is 1.94. The van der Waals surface area contributed by atoms with Crippen LogP contribution in [-0.4, -0.2) is 16.4 Å². The van der Waals surface area contributed by atoms with E-state index in [1.54, 1.807) is 12.4 Å². The Morgan fingerprint density at radius 2 is 1.92 bits per heavy atom. The minimum Gasteiger partial charge on any atom is -0.455 e. The molecule has 3 rings (SSSR count). The van der Waals surface area contributed by atoms with E-state index < -0.39 is 5.54 Å². The van der Waals surface area contributed by atoms with E-state index in [9.17, 15) is 4.79 Å². The molecule has 0 aliphatic heterocycles. The second-order valence-corrected chi connectivity index (χ2v) is 6.44. The van der Waals surface area contributed by atoms with Crippen LogP contribution >= 0.6 is 24.8 Å². The topological polar surface area (TPSA) is 77.2 Å². The third-order valence-electron chi connectivity index (χ3n) is 4.49. The Bertz CT molecular complexity index is 720. The van der Waals surface area contributed by atoms with Gasteiger partial charge < -0.3 is 15.8 Å². The molecule has 1 amide bonds. The molecule has 7 heteroatoms. The zero-order valence-electron chi connectivity index (χ0n) is 14.7. The molecular weight excluding hydrogens is 373 g/mol. The number of hydrogen-bond acceptors (Lipinski definition) is 4. The van der Waals surface area contributed by atoms with Gasteiger partial charge in [-0.15, -0.1) is 24.8 Å². The van der Waals surface area contributed by atoms with Crippen molar-refractivity contribution in [2.45, 2.75) is 44.6 Å². The van der Waals surface area contributed by atoms with Crippen LogP contribution in [0.3, 0.4) is 0 Å². The highest BCUT2D eigenvalue weighted by Crippen LogP contribution is 2.29. The number of carbonyl (C=O) groups is 1. The fourth-order valence-corrected chi connectivity index (χ4v) is 3.04. The average molecular weight is 398 g/mol. The Kier molecular flexibility index (Phi) is 8.34. The van der Waals surface area contributed by atoms with Crippen LogP contribution in [0, 0.1) is 6.92 Å². The average Bonchev–Trinajstić information content (AvgIpc) is 2.59. The number of pyridine rings is 1. The summed E-state index contributed by atoms with van der Waals surface area (Å²) < 4.78 is 5.81. The zero-order chi connectivity index (χ0) is 17.0. The highest BCUT2D eigenvalue weighted by molar-refractivity contribution is 5.98. The largest absolute Gasteiger partial charge is 0.455 e. The Labute approximate surface area is 166 Å². The first kappa shape index (κ1) is 22.2. The molecule has 26 heavy (non-hydrogen) atoms. The lowest BCUT2D eigenvalue weighted by atomic mass is 9.82. The molecule has 0 spiro atoms. The molecule has 1 aromatic heterocycles. The molecule has 0 bridgehead atoms. The number of halogens is 2. The van der Waals surface area contributed by atoms with E-state index in [2.05, 4.69) is 10.3 Å². The number of carbonyl (C=O) groups excluding carboxylic acids is 1. The van der Waals surface area contributed by atoms with E-state index in [1.807, 2.05) is 37.3 Å². The van der Waals surface area contributed by atoms with Gasteiger partial charge in [-0.2, -0.15) is 0 Å². The van der Waals surface area contributed by atoms with Crippen LogP contribution in [0.25, 0.3) is 0 Å². The van der Waals surface area contributed by atoms with E-state index in [0.29, 0.717) is 5.75 Å². The van der Waals surface area contributed by atoms with E-state index in [4.69, 9.17) is 10.5 Å². The van der Waals surface area contributed by atoms with Crippen LogP contribution < -0.4 is 15.8 Å². The van der Waals surface area contributed by atoms with Crippen LogP contribution in [0.2, 0.25) is 0 Å². The quantitative estimate of drug-likeness (QED) is 0.788. The summed E-state index contributed by atoms with van der Waals surface area (Å²) in [5.41, 5.74) is 7.22. The molecule has 5 nitrogen and oxygen atoms in total. The highest BCUT2D eigenvalue weighted by atomic mass is 35.5. The van der Waals surface area contributed by atoms with E-state index >= 15 is 0 Å². The van der Waals surface area contributed by atoms with Crippen LogP contribution in [0.4, 0.5) is 5.69 Å². The number of nitrogens with one attached hydrogen (secondary N) is 1. The molecule has 0 atom stereocenters. The molecule has 0 radical (unpaired) electrons. The van der Waals surface area contributed by atoms with Gasteiger partial charge in [0.2, 0.25) is 5.91 Å². The fraction of sp³-hybridized carbons (Fsp3) is 0.368. The normalized spacial score (nSPS) is 15.2. The molecule has 1 aliphatic carbocycles. The van der Waals surface area contributed by atoms with Gasteiger partial charge in [0.05, 0.1) is 11.7 Å². The van der Waals surface area contributed by atoms with E-state index in [-0.39, 0.29) is 30.7 Å². The fourth-order valence-electron chi connectivity index (χ4n) is 3.04. The van der Waals surface area contributed by atoms with E-state index in [1.165, 1.54) is 0 Å². The maximum atomic E-state index is 12.5. The van der Waals surface area contributed by atoms with Crippen molar-refractivity contribution in [1.82, 2.24) is 4.98 Å². The van der Waals surface area contributed by atoms with Gasteiger partial charge in [0, 0.05) is 11.9 Å². The van der Waals surface area contributed by atoms with Crippen LogP contribution in [0.5, 0.6) is 11.5 Å². The molecule has 1 saturated carbocycles. The number of anilines is 1.